The first-order valence-electron chi connectivity index (χ1n) is 5.39. The molecule has 0 saturated carbocycles. The molecular weight excluding hydrogens is 293 g/mol. The SMILES string of the molecule is NNC(c1cccc(Cl)c1)c1cc(F)c(Cl)cc1F. The third-order valence-corrected chi connectivity index (χ3v) is 3.22. The number of benzene rings is 2. The van der Waals surface area contributed by atoms with E-state index in [2.05, 4.69) is 5.43 Å². The maximum Gasteiger partial charge on any atom is 0.142 e. The largest absolute Gasteiger partial charge is 0.271 e. The molecule has 2 aromatic carbocycles. The fourth-order valence-electron chi connectivity index (χ4n) is 1.81. The van der Waals surface area contributed by atoms with Crippen LogP contribution in [0, 0.1) is 11.6 Å². The average molecular weight is 303 g/mol. The summed E-state index contributed by atoms with van der Waals surface area (Å²) in [6.45, 7) is 0. The first kappa shape index (κ1) is 14.2. The molecule has 0 spiro atoms. The van der Waals surface area contributed by atoms with Crippen LogP contribution in [0.1, 0.15) is 17.2 Å². The lowest BCUT2D eigenvalue weighted by atomic mass is 9.99. The van der Waals surface area contributed by atoms with E-state index in [1.54, 1.807) is 24.3 Å². The summed E-state index contributed by atoms with van der Waals surface area (Å²) in [6, 6.07) is 7.93. The van der Waals surface area contributed by atoms with Crippen molar-refractivity contribution in [2.45, 2.75) is 6.04 Å². The van der Waals surface area contributed by atoms with E-state index in [1.807, 2.05) is 0 Å². The molecule has 0 bridgehead atoms. The van der Waals surface area contributed by atoms with Gasteiger partial charge in [0.1, 0.15) is 11.6 Å². The van der Waals surface area contributed by atoms with Gasteiger partial charge in [0.15, 0.2) is 0 Å². The van der Waals surface area contributed by atoms with Crippen LogP contribution in [0.5, 0.6) is 0 Å². The smallest absolute Gasteiger partial charge is 0.142 e. The molecule has 6 heteroatoms. The first-order chi connectivity index (χ1) is 9.02. The van der Waals surface area contributed by atoms with Gasteiger partial charge in [0.25, 0.3) is 0 Å². The fourth-order valence-corrected chi connectivity index (χ4v) is 2.16. The maximum atomic E-state index is 13.9. The molecule has 0 radical (unpaired) electrons. The van der Waals surface area contributed by atoms with Gasteiger partial charge in [-0.2, -0.15) is 0 Å². The predicted molar refractivity (Wildman–Crippen MR) is 72.0 cm³/mol. The number of hydrazine groups is 1. The van der Waals surface area contributed by atoms with Crippen LogP contribution < -0.4 is 11.3 Å². The van der Waals surface area contributed by atoms with Crippen LogP contribution in [0.15, 0.2) is 36.4 Å². The fraction of sp³-hybridized carbons (Fsp3) is 0.0769. The molecular formula is C13H10Cl2F2N2. The summed E-state index contributed by atoms with van der Waals surface area (Å²) in [5.74, 6) is 4.08. The highest BCUT2D eigenvalue weighted by atomic mass is 35.5. The molecule has 100 valence electrons. The summed E-state index contributed by atoms with van der Waals surface area (Å²) in [7, 11) is 0. The number of halogens is 4. The molecule has 2 aromatic rings. The Balaban J connectivity index is 2.51. The van der Waals surface area contributed by atoms with Gasteiger partial charge in [-0.3, -0.25) is 5.84 Å². The zero-order valence-corrected chi connectivity index (χ0v) is 11.1. The number of rotatable bonds is 3. The Morgan fingerprint density at radius 3 is 2.42 bits per heavy atom. The molecule has 19 heavy (non-hydrogen) atoms. The third kappa shape index (κ3) is 3.04. The lowest BCUT2D eigenvalue weighted by molar-refractivity contribution is 0.546. The molecule has 1 atom stereocenters. The quantitative estimate of drug-likeness (QED) is 0.514. The molecule has 0 saturated heterocycles. The zero-order chi connectivity index (χ0) is 14.0. The van der Waals surface area contributed by atoms with Crippen LogP contribution in [0.2, 0.25) is 10.0 Å². The van der Waals surface area contributed by atoms with E-state index in [4.69, 9.17) is 29.0 Å². The summed E-state index contributed by atoms with van der Waals surface area (Å²) in [4.78, 5) is 0. The van der Waals surface area contributed by atoms with Crippen molar-refractivity contribution in [1.82, 2.24) is 5.43 Å². The highest BCUT2D eigenvalue weighted by Gasteiger charge is 2.19. The van der Waals surface area contributed by atoms with E-state index >= 15 is 0 Å². The highest BCUT2D eigenvalue weighted by molar-refractivity contribution is 6.31. The van der Waals surface area contributed by atoms with E-state index in [9.17, 15) is 8.78 Å². The van der Waals surface area contributed by atoms with Crippen molar-refractivity contribution in [1.29, 1.82) is 0 Å². The Labute approximate surface area is 119 Å². The van der Waals surface area contributed by atoms with Crippen molar-refractivity contribution in [3.8, 4) is 0 Å². The van der Waals surface area contributed by atoms with Crippen molar-refractivity contribution in [3.05, 3.63) is 69.2 Å². The van der Waals surface area contributed by atoms with E-state index < -0.39 is 17.7 Å². The molecule has 2 rings (SSSR count). The average Bonchev–Trinajstić information content (AvgIpc) is 2.36. The molecule has 0 aromatic heterocycles. The van der Waals surface area contributed by atoms with Crippen molar-refractivity contribution in [3.63, 3.8) is 0 Å². The number of nitrogens with one attached hydrogen (secondary N) is 1. The second kappa shape index (κ2) is 5.84. The Bertz CT molecular complexity index is 605. The van der Waals surface area contributed by atoms with Crippen molar-refractivity contribution in [2.24, 2.45) is 5.84 Å². The zero-order valence-electron chi connectivity index (χ0n) is 9.63. The summed E-state index contributed by atoms with van der Waals surface area (Å²) in [5, 5.41) is 0.204. The van der Waals surface area contributed by atoms with Crippen LogP contribution in [-0.2, 0) is 0 Å². The molecule has 3 N–H and O–H groups in total. The molecule has 1 unspecified atom stereocenters. The second-order valence-corrected chi connectivity index (χ2v) is 4.79. The van der Waals surface area contributed by atoms with Gasteiger partial charge in [0, 0.05) is 10.6 Å². The van der Waals surface area contributed by atoms with Gasteiger partial charge >= 0.3 is 0 Å². The van der Waals surface area contributed by atoms with Gasteiger partial charge in [-0.05, 0) is 29.8 Å². The molecule has 0 aliphatic heterocycles. The standard InChI is InChI=1S/C13H10Cl2F2N2/c14-8-3-1-2-7(4-8)13(19-18)9-5-12(17)10(15)6-11(9)16/h1-6,13,19H,18H2. The molecule has 0 aliphatic carbocycles. The van der Waals surface area contributed by atoms with Crippen molar-refractivity contribution >= 4 is 23.2 Å². The van der Waals surface area contributed by atoms with Gasteiger partial charge in [-0.25, -0.2) is 14.2 Å². The van der Waals surface area contributed by atoms with E-state index in [1.165, 1.54) is 0 Å². The van der Waals surface area contributed by atoms with Gasteiger partial charge in [-0.1, -0.05) is 35.3 Å². The normalized spacial score (nSPS) is 12.5. The van der Waals surface area contributed by atoms with Gasteiger partial charge in [0.2, 0.25) is 0 Å². The summed E-state index contributed by atoms with van der Waals surface area (Å²) >= 11 is 11.4. The van der Waals surface area contributed by atoms with E-state index in [-0.39, 0.29) is 10.6 Å². The second-order valence-electron chi connectivity index (χ2n) is 3.94. The molecule has 0 heterocycles. The van der Waals surface area contributed by atoms with Crippen LogP contribution in [-0.4, -0.2) is 0 Å². The van der Waals surface area contributed by atoms with E-state index in [0.717, 1.165) is 12.1 Å². The van der Waals surface area contributed by atoms with E-state index in [0.29, 0.717) is 10.6 Å². The maximum absolute atomic E-state index is 13.9. The van der Waals surface area contributed by atoms with Crippen molar-refractivity contribution < 1.29 is 8.78 Å². The summed E-state index contributed by atoms with van der Waals surface area (Å²) in [6.07, 6.45) is 0. The number of nitrogens with two attached hydrogens (primary N) is 1. The number of hydrogen-bond donors (Lipinski definition) is 2. The Kier molecular flexibility index (Phi) is 4.37. The van der Waals surface area contributed by atoms with Gasteiger partial charge in [-0.15, -0.1) is 0 Å². The summed E-state index contributed by atoms with van der Waals surface area (Å²) < 4.78 is 27.3. The van der Waals surface area contributed by atoms with Crippen LogP contribution in [0.25, 0.3) is 0 Å². The first-order valence-corrected chi connectivity index (χ1v) is 6.14. The molecule has 0 fully saturated rings. The van der Waals surface area contributed by atoms with Gasteiger partial charge < -0.3 is 0 Å². The van der Waals surface area contributed by atoms with Crippen LogP contribution in [0.3, 0.4) is 0 Å². The molecule has 0 aliphatic rings. The molecule has 2 nitrogen and oxygen atoms in total. The Morgan fingerprint density at radius 2 is 1.79 bits per heavy atom. The minimum absolute atomic E-state index is 0.0617. The predicted octanol–water partition coefficient (Wildman–Crippen LogP) is 3.82. The lowest BCUT2D eigenvalue weighted by Crippen LogP contribution is -2.29. The minimum atomic E-state index is -0.717. The summed E-state index contributed by atoms with van der Waals surface area (Å²) in [5.41, 5.74) is 3.12. The third-order valence-electron chi connectivity index (χ3n) is 2.70. The van der Waals surface area contributed by atoms with Crippen LogP contribution in [0.4, 0.5) is 8.78 Å². The monoisotopic (exact) mass is 302 g/mol. The highest BCUT2D eigenvalue weighted by Crippen LogP contribution is 2.28. The Morgan fingerprint density at radius 1 is 1.05 bits per heavy atom. The van der Waals surface area contributed by atoms with Crippen LogP contribution >= 0.6 is 23.2 Å². The van der Waals surface area contributed by atoms with Crippen molar-refractivity contribution in [2.75, 3.05) is 0 Å². The topological polar surface area (TPSA) is 38.0 Å². The molecule has 0 amide bonds. The van der Waals surface area contributed by atoms with Gasteiger partial charge in [0.05, 0.1) is 11.1 Å². The Hall–Kier alpha value is -1.20. The number of hydrogen-bond acceptors (Lipinski definition) is 2. The lowest BCUT2D eigenvalue weighted by Gasteiger charge is -2.18. The minimum Gasteiger partial charge on any atom is -0.271 e.